The lowest BCUT2D eigenvalue weighted by Crippen LogP contribution is -2.38. The Kier molecular flexibility index (Phi) is 6.17. The molecule has 0 saturated carbocycles. The molecule has 7 heteroatoms. The highest BCUT2D eigenvalue weighted by molar-refractivity contribution is 5.67. The van der Waals surface area contributed by atoms with Crippen molar-refractivity contribution in [1.82, 2.24) is 15.1 Å². The third-order valence-electron chi connectivity index (χ3n) is 2.67. The van der Waals surface area contributed by atoms with Gasteiger partial charge in [-0.2, -0.15) is 5.10 Å². The van der Waals surface area contributed by atoms with Crippen molar-refractivity contribution in [1.29, 1.82) is 0 Å². The maximum atomic E-state index is 11.5. The fourth-order valence-corrected chi connectivity index (χ4v) is 1.72. The number of carbonyl (C=O) groups excluding carboxylic acids is 1. The zero-order chi connectivity index (χ0) is 16.0. The van der Waals surface area contributed by atoms with E-state index in [1.54, 1.807) is 31.6 Å². The minimum absolute atomic E-state index is 0.102. The average molecular weight is 299 g/mol. The molecule has 1 rings (SSSR count). The van der Waals surface area contributed by atoms with Crippen LogP contribution in [0.3, 0.4) is 0 Å². The van der Waals surface area contributed by atoms with Gasteiger partial charge in [-0.05, 0) is 27.2 Å². The Labute approximate surface area is 124 Å². The second-order valence-corrected chi connectivity index (χ2v) is 5.93. The molecule has 0 saturated heterocycles. The van der Waals surface area contributed by atoms with Crippen molar-refractivity contribution in [3.8, 4) is 0 Å². The highest BCUT2D eigenvalue weighted by Gasteiger charge is 2.22. The van der Waals surface area contributed by atoms with Crippen molar-refractivity contribution >= 4 is 6.09 Å². The molecule has 0 aromatic carbocycles. The van der Waals surface area contributed by atoms with Gasteiger partial charge in [0.1, 0.15) is 17.8 Å². The molecule has 0 fully saturated rings. The van der Waals surface area contributed by atoms with Gasteiger partial charge in [0.05, 0.1) is 6.20 Å². The summed E-state index contributed by atoms with van der Waals surface area (Å²) >= 11 is 0. The van der Waals surface area contributed by atoms with Gasteiger partial charge < -0.3 is 20.3 Å². The summed E-state index contributed by atoms with van der Waals surface area (Å²) in [7, 11) is 0. The van der Waals surface area contributed by atoms with Gasteiger partial charge in [-0.25, -0.2) is 4.79 Å². The van der Waals surface area contributed by atoms with Gasteiger partial charge in [0.2, 0.25) is 0 Å². The predicted octanol–water partition coefficient (Wildman–Crippen LogP) is 1.21. The molecule has 1 heterocycles. The first-order valence-electron chi connectivity index (χ1n) is 7.08. The Morgan fingerprint density at radius 1 is 1.48 bits per heavy atom. The predicted molar refractivity (Wildman–Crippen MR) is 77.7 cm³/mol. The number of ether oxygens (including phenoxy) is 1. The van der Waals surface area contributed by atoms with Crippen LogP contribution in [0.2, 0.25) is 0 Å². The standard InChI is InChI=1S/C14H25N3O4/c1-5-6-17-9-10(7-16-17)12(19)11(18)8-15-13(20)21-14(2,3)4/h7,9,11-12,18-19H,5-6,8H2,1-4H3,(H,15,20). The summed E-state index contributed by atoms with van der Waals surface area (Å²) in [5.74, 6) is 0. The molecule has 2 atom stereocenters. The number of amides is 1. The number of nitrogens with one attached hydrogen (secondary N) is 1. The molecule has 0 aliphatic carbocycles. The van der Waals surface area contributed by atoms with Crippen LogP contribution in [0, 0.1) is 0 Å². The molecule has 120 valence electrons. The molecule has 3 N–H and O–H groups in total. The molecule has 0 aliphatic heterocycles. The fourth-order valence-electron chi connectivity index (χ4n) is 1.72. The van der Waals surface area contributed by atoms with E-state index in [9.17, 15) is 15.0 Å². The number of rotatable bonds is 6. The number of nitrogens with zero attached hydrogens (tertiary/aromatic N) is 2. The smallest absolute Gasteiger partial charge is 0.407 e. The second-order valence-electron chi connectivity index (χ2n) is 5.93. The summed E-state index contributed by atoms with van der Waals surface area (Å²) < 4.78 is 6.75. The minimum atomic E-state index is -1.13. The second kappa shape index (κ2) is 7.42. The Bertz CT molecular complexity index is 453. The van der Waals surface area contributed by atoms with Crippen LogP contribution in [0.1, 0.15) is 45.8 Å². The number of hydrogen-bond acceptors (Lipinski definition) is 5. The first-order chi connectivity index (χ1) is 9.73. The first-order valence-corrected chi connectivity index (χ1v) is 7.08. The zero-order valence-electron chi connectivity index (χ0n) is 13.0. The van der Waals surface area contributed by atoms with Crippen molar-refractivity contribution < 1.29 is 19.7 Å². The Morgan fingerprint density at radius 3 is 2.71 bits per heavy atom. The Balaban J connectivity index is 2.46. The van der Waals surface area contributed by atoms with Crippen molar-refractivity contribution in [3.05, 3.63) is 18.0 Å². The van der Waals surface area contributed by atoms with Gasteiger partial charge in [-0.1, -0.05) is 6.92 Å². The summed E-state index contributed by atoms with van der Waals surface area (Å²) in [6.07, 6.45) is 1.26. The normalized spacial score (nSPS) is 14.6. The number of aryl methyl sites for hydroxylation is 1. The van der Waals surface area contributed by atoms with Crippen LogP contribution in [0.5, 0.6) is 0 Å². The Hall–Kier alpha value is -1.60. The molecule has 2 unspecified atom stereocenters. The maximum Gasteiger partial charge on any atom is 0.407 e. The summed E-state index contributed by atoms with van der Waals surface area (Å²) in [5.41, 5.74) is -0.0866. The van der Waals surface area contributed by atoms with Crippen LogP contribution in [0.15, 0.2) is 12.4 Å². The van der Waals surface area contributed by atoms with Crippen LogP contribution in [-0.4, -0.2) is 44.3 Å². The molecule has 7 nitrogen and oxygen atoms in total. The molecule has 1 aromatic heterocycles. The SMILES string of the molecule is CCCn1cc(C(O)C(O)CNC(=O)OC(C)(C)C)cn1. The molecule has 0 radical (unpaired) electrons. The molecular formula is C14H25N3O4. The van der Waals surface area contributed by atoms with Crippen LogP contribution in [0.4, 0.5) is 4.79 Å². The zero-order valence-corrected chi connectivity index (χ0v) is 13.0. The number of aliphatic hydroxyl groups excluding tert-OH is 2. The lowest BCUT2D eigenvalue weighted by atomic mass is 10.1. The summed E-state index contributed by atoms with van der Waals surface area (Å²) in [6, 6.07) is 0. The van der Waals surface area contributed by atoms with E-state index in [1.165, 1.54) is 6.20 Å². The van der Waals surface area contributed by atoms with E-state index in [-0.39, 0.29) is 6.54 Å². The van der Waals surface area contributed by atoms with Crippen molar-refractivity contribution in [2.75, 3.05) is 6.54 Å². The number of aliphatic hydroxyl groups is 2. The average Bonchev–Trinajstić information content (AvgIpc) is 2.82. The first kappa shape index (κ1) is 17.5. The van der Waals surface area contributed by atoms with Gasteiger partial charge in [-0.15, -0.1) is 0 Å². The Morgan fingerprint density at radius 2 is 2.14 bits per heavy atom. The van der Waals surface area contributed by atoms with Crippen LogP contribution in [0.25, 0.3) is 0 Å². The van der Waals surface area contributed by atoms with E-state index in [0.717, 1.165) is 13.0 Å². The minimum Gasteiger partial charge on any atom is -0.444 e. The van der Waals surface area contributed by atoms with E-state index < -0.39 is 23.9 Å². The lowest BCUT2D eigenvalue weighted by molar-refractivity contribution is 0.0129. The maximum absolute atomic E-state index is 11.5. The molecular weight excluding hydrogens is 274 g/mol. The van der Waals surface area contributed by atoms with Gasteiger partial charge in [-0.3, -0.25) is 4.68 Å². The highest BCUT2D eigenvalue weighted by Crippen LogP contribution is 2.16. The lowest BCUT2D eigenvalue weighted by Gasteiger charge is -2.21. The number of aromatic nitrogens is 2. The largest absolute Gasteiger partial charge is 0.444 e. The van der Waals surface area contributed by atoms with E-state index in [4.69, 9.17) is 4.74 Å². The molecule has 0 bridgehead atoms. The topological polar surface area (TPSA) is 96.6 Å². The van der Waals surface area contributed by atoms with E-state index in [0.29, 0.717) is 5.56 Å². The third-order valence-corrected chi connectivity index (χ3v) is 2.67. The van der Waals surface area contributed by atoms with Gasteiger partial charge in [0.15, 0.2) is 0 Å². The van der Waals surface area contributed by atoms with E-state index in [2.05, 4.69) is 10.4 Å². The summed E-state index contributed by atoms with van der Waals surface area (Å²) in [6.45, 7) is 7.92. The summed E-state index contributed by atoms with van der Waals surface area (Å²) in [5, 5.41) is 26.4. The van der Waals surface area contributed by atoms with Gasteiger partial charge in [0, 0.05) is 24.8 Å². The van der Waals surface area contributed by atoms with Crippen molar-refractivity contribution in [2.45, 2.75) is 58.5 Å². The summed E-state index contributed by atoms with van der Waals surface area (Å²) in [4.78, 5) is 11.5. The number of hydrogen-bond donors (Lipinski definition) is 3. The van der Waals surface area contributed by atoms with Crippen molar-refractivity contribution in [2.24, 2.45) is 0 Å². The molecule has 21 heavy (non-hydrogen) atoms. The van der Waals surface area contributed by atoms with Gasteiger partial charge >= 0.3 is 6.09 Å². The van der Waals surface area contributed by atoms with E-state index >= 15 is 0 Å². The molecule has 1 amide bonds. The monoisotopic (exact) mass is 299 g/mol. The molecule has 0 aliphatic rings. The number of alkyl carbamates (subject to hydrolysis) is 1. The van der Waals surface area contributed by atoms with Crippen LogP contribution < -0.4 is 5.32 Å². The van der Waals surface area contributed by atoms with Crippen LogP contribution >= 0.6 is 0 Å². The van der Waals surface area contributed by atoms with Crippen LogP contribution in [-0.2, 0) is 11.3 Å². The highest BCUT2D eigenvalue weighted by atomic mass is 16.6. The van der Waals surface area contributed by atoms with E-state index in [1.807, 2.05) is 6.92 Å². The number of carbonyl (C=O) groups is 1. The molecule has 0 spiro atoms. The fraction of sp³-hybridized carbons (Fsp3) is 0.714. The van der Waals surface area contributed by atoms with Gasteiger partial charge in [0.25, 0.3) is 0 Å². The quantitative estimate of drug-likeness (QED) is 0.733. The molecule has 1 aromatic rings. The third kappa shape index (κ3) is 6.14. The van der Waals surface area contributed by atoms with Crippen molar-refractivity contribution in [3.63, 3.8) is 0 Å².